The maximum atomic E-state index is 4.69. The highest BCUT2D eigenvalue weighted by Gasteiger charge is 2.21. The maximum Gasteiger partial charge on any atom is 0.0729 e. The van der Waals surface area contributed by atoms with Gasteiger partial charge in [-0.25, -0.2) is 0 Å². The normalized spacial score (nSPS) is 16.4. The monoisotopic (exact) mass is 522 g/mol. The largest absolute Gasteiger partial charge is 0.353 e. The highest BCUT2D eigenvalue weighted by Crippen LogP contribution is 2.37. The number of aromatic nitrogens is 2. The van der Waals surface area contributed by atoms with Crippen LogP contribution in [0.4, 0.5) is 0 Å². The second kappa shape index (κ2) is 10.1. The zero-order valence-corrected chi connectivity index (χ0v) is 24.0. The van der Waals surface area contributed by atoms with Crippen LogP contribution in [0.5, 0.6) is 0 Å². The average Bonchev–Trinajstić information content (AvgIpc) is 3.72. The van der Waals surface area contributed by atoms with Crippen LogP contribution in [0.3, 0.4) is 0 Å². The minimum atomic E-state index is 0.971. The van der Waals surface area contributed by atoms with Gasteiger partial charge in [0.1, 0.15) is 0 Å². The highest BCUT2D eigenvalue weighted by atomic mass is 14.8. The molecule has 2 aromatic carbocycles. The molecule has 0 amide bonds. The van der Waals surface area contributed by atoms with Crippen LogP contribution in [0.1, 0.15) is 55.9 Å². The lowest BCUT2D eigenvalue weighted by atomic mass is 9.90. The van der Waals surface area contributed by atoms with Gasteiger partial charge in [0.2, 0.25) is 0 Å². The van der Waals surface area contributed by atoms with Crippen molar-refractivity contribution in [3.8, 4) is 11.4 Å². The van der Waals surface area contributed by atoms with Crippen molar-refractivity contribution >= 4 is 23.6 Å². The third-order valence-electron chi connectivity index (χ3n) is 7.67. The Balaban J connectivity index is 1.45. The summed E-state index contributed by atoms with van der Waals surface area (Å²) in [7, 11) is 0. The Kier molecular flexibility index (Phi) is 6.47. The summed E-state index contributed by atoms with van der Waals surface area (Å²) in [4.78, 5) is 16.8. The van der Waals surface area contributed by atoms with E-state index in [-0.39, 0.29) is 0 Å². The second-order valence-corrected chi connectivity index (χ2v) is 10.9. The standard InChI is InChI=1S/C36H34N4/c1-21-17-23(3)33(24(4)18-21)35(29-9-7-15-37-29)31-13-11-27(39-31)28-12-14-32(40-28)36(30-10-8-16-38-30)34-25(5)19-22(2)20-26(34)6/h7-20,39-40H,1-6H3. The lowest BCUT2D eigenvalue weighted by Crippen LogP contribution is -2.00. The molecule has 0 unspecified atom stereocenters. The van der Waals surface area contributed by atoms with Crippen molar-refractivity contribution in [2.45, 2.75) is 41.5 Å². The van der Waals surface area contributed by atoms with Gasteiger partial charge in [-0.15, -0.1) is 0 Å². The number of H-pyrrole nitrogens is 2. The fourth-order valence-electron chi connectivity index (χ4n) is 6.24. The SMILES string of the molecule is Cc1cc(C)c(C(=C2C=CC=N2)c2ccc(-c3ccc(C(=C4C=CC=N4)c4c(C)cc(C)cc4C)[nH]3)[nH]2)c(C)c1. The van der Waals surface area contributed by atoms with Gasteiger partial charge in [0, 0.05) is 35.0 Å². The number of hydrogen-bond donors (Lipinski definition) is 2. The number of hydrogen-bond acceptors (Lipinski definition) is 2. The molecular formula is C36H34N4. The van der Waals surface area contributed by atoms with Crippen molar-refractivity contribution in [2.75, 3.05) is 0 Å². The van der Waals surface area contributed by atoms with Crippen LogP contribution in [0.15, 0.2) is 94.2 Å². The molecule has 2 aromatic heterocycles. The van der Waals surface area contributed by atoms with E-state index < -0.39 is 0 Å². The zero-order valence-electron chi connectivity index (χ0n) is 24.0. The predicted molar refractivity (Wildman–Crippen MR) is 169 cm³/mol. The van der Waals surface area contributed by atoms with Crippen molar-refractivity contribution < 1.29 is 0 Å². The Morgan fingerprint density at radius 1 is 0.525 bits per heavy atom. The van der Waals surface area contributed by atoms with Gasteiger partial charge < -0.3 is 9.97 Å². The molecule has 0 fully saturated rings. The van der Waals surface area contributed by atoms with E-state index in [1.54, 1.807) is 0 Å². The third kappa shape index (κ3) is 4.56. The summed E-state index contributed by atoms with van der Waals surface area (Å²) >= 11 is 0. The number of allylic oxidation sites excluding steroid dienone is 4. The van der Waals surface area contributed by atoms with Crippen molar-refractivity contribution in [3.05, 3.63) is 140 Å². The van der Waals surface area contributed by atoms with Crippen LogP contribution in [0.2, 0.25) is 0 Å². The molecule has 2 aliphatic rings. The molecule has 4 heteroatoms. The van der Waals surface area contributed by atoms with E-state index in [0.717, 1.165) is 45.3 Å². The number of rotatable bonds is 5. The smallest absolute Gasteiger partial charge is 0.0729 e. The molecule has 0 spiro atoms. The predicted octanol–water partition coefficient (Wildman–Crippen LogP) is 8.66. The van der Waals surface area contributed by atoms with Crippen LogP contribution < -0.4 is 0 Å². The average molecular weight is 523 g/mol. The Morgan fingerprint density at radius 2 is 0.900 bits per heavy atom. The molecule has 0 radical (unpaired) electrons. The molecule has 2 aliphatic heterocycles. The van der Waals surface area contributed by atoms with Crippen LogP contribution in [0.25, 0.3) is 22.5 Å². The van der Waals surface area contributed by atoms with E-state index in [1.807, 2.05) is 24.6 Å². The molecule has 0 aliphatic carbocycles. The third-order valence-corrected chi connectivity index (χ3v) is 7.67. The summed E-state index contributed by atoms with van der Waals surface area (Å²) in [5.74, 6) is 0. The topological polar surface area (TPSA) is 56.3 Å². The van der Waals surface area contributed by atoms with Gasteiger partial charge in [0.25, 0.3) is 0 Å². The second-order valence-electron chi connectivity index (χ2n) is 10.9. The summed E-state index contributed by atoms with van der Waals surface area (Å²) in [6, 6.07) is 17.6. The molecule has 0 saturated heterocycles. The Bertz CT molecular complexity index is 1630. The van der Waals surface area contributed by atoms with Crippen LogP contribution in [-0.4, -0.2) is 22.4 Å². The van der Waals surface area contributed by atoms with Gasteiger partial charge in [-0.05, 0) is 123 Å². The summed E-state index contributed by atoms with van der Waals surface area (Å²) in [5.41, 5.74) is 18.3. The van der Waals surface area contributed by atoms with Crippen molar-refractivity contribution in [1.29, 1.82) is 0 Å². The van der Waals surface area contributed by atoms with E-state index in [2.05, 4.69) is 112 Å². The van der Waals surface area contributed by atoms with E-state index in [9.17, 15) is 0 Å². The zero-order chi connectivity index (χ0) is 28.0. The molecule has 4 aromatic rings. The Morgan fingerprint density at radius 3 is 1.23 bits per heavy atom. The summed E-state index contributed by atoms with van der Waals surface area (Å²) < 4.78 is 0. The van der Waals surface area contributed by atoms with Gasteiger partial charge in [-0.2, -0.15) is 0 Å². The van der Waals surface area contributed by atoms with Gasteiger partial charge in [-0.3, -0.25) is 9.98 Å². The first-order valence-electron chi connectivity index (χ1n) is 13.8. The number of aromatic amines is 2. The number of nitrogens with one attached hydrogen (secondary N) is 2. The molecule has 0 saturated carbocycles. The fraction of sp³-hybridized carbons (Fsp3) is 0.167. The molecule has 4 heterocycles. The fourth-order valence-corrected chi connectivity index (χ4v) is 6.24. The van der Waals surface area contributed by atoms with E-state index in [4.69, 9.17) is 9.98 Å². The van der Waals surface area contributed by atoms with Crippen LogP contribution in [-0.2, 0) is 0 Å². The molecule has 2 N–H and O–H groups in total. The number of nitrogens with zero attached hydrogens (tertiary/aromatic N) is 2. The molecule has 40 heavy (non-hydrogen) atoms. The number of benzene rings is 2. The van der Waals surface area contributed by atoms with E-state index >= 15 is 0 Å². The lowest BCUT2D eigenvalue weighted by Gasteiger charge is -2.16. The first-order chi connectivity index (χ1) is 19.3. The van der Waals surface area contributed by atoms with E-state index in [1.165, 1.54) is 44.5 Å². The maximum absolute atomic E-state index is 4.69. The van der Waals surface area contributed by atoms with Gasteiger partial charge in [0.05, 0.1) is 22.8 Å². The highest BCUT2D eigenvalue weighted by molar-refractivity contribution is 5.92. The number of aryl methyl sites for hydroxylation is 6. The van der Waals surface area contributed by atoms with Gasteiger partial charge in [-0.1, -0.05) is 35.4 Å². The van der Waals surface area contributed by atoms with Crippen molar-refractivity contribution in [1.82, 2.24) is 9.97 Å². The molecule has 198 valence electrons. The Labute approximate surface area is 236 Å². The van der Waals surface area contributed by atoms with Crippen LogP contribution >= 0.6 is 0 Å². The van der Waals surface area contributed by atoms with Gasteiger partial charge in [0.15, 0.2) is 0 Å². The minimum absolute atomic E-state index is 0.971. The lowest BCUT2D eigenvalue weighted by molar-refractivity contribution is 1.23. The van der Waals surface area contributed by atoms with E-state index in [0.29, 0.717) is 0 Å². The molecule has 0 bridgehead atoms. The quantitative estimate of drug-likeness (QED) is 0.263. The summed E-state index contributed by atoms with van der Waals surface area (Å²) in [6.45, 7) is 13.0. The number of aliphatic imine (C=N–C) groups is 2. The van der Waals surface area contributed by atoms with Crippen LogP contribution in [0, 0.1) is 41.5 Å². The van der Waals surface area contributed by atoms with Crippen molar-refractivity contribution in [2.24, 2.45) is 9.98 Å². The minimum Gasteiger partial charge on any atom is -0.353 e. The first-order valence-corrected chi connectivity index (χ1v) is 13.8. The summed E-state index contributed by atoms with van der Waals surface area (Å²) in [6.07, 6.45) is 11.9. The molecule has 0 atom stereocenters. The first kappa shape index (κ1) is 25.6. The summed E-state index contributed by atoms with van der Waals surface area (Å²) in [5, 5.41) is 0. The van der Waals surface area contributed by atoms with Crippen molar-refractivity contribution in [3.63, 3.8) is 0 Å². The molecular weight excluding hydrogens is 488 g/mol. The molecule has 4 nitrogen and oxygen atoms in total. The van der Waals surface area contributed by atoms with Gasteiger partial charge >= 0.3 is 0 Å². The Hall–Kier alpha value is -4.70. The molecule has 6 rings (SSSR count).